The molecule has 1 unspecified atom stereocenters. The Balaban J connectivity index is 2.00. The van der Waals surface area contributed by atoms with Crippen molar-refractivity contribution in [3.8, 4) is 0 Å². The van der Waals surface area contributed by atoms with E-state index in [9.17, 15) is 4.79 Å². The highest BCUT2D eigenvalue weighted by atomic mass is 16.5. The molecule has 1 aromatic rings. The predicted octanol–water partition coefficient (Wildman–Crippen LogP) is 1.41. The van der Waals surface area contributed by atoms with E-state index in [2.05, 4.69) is 22.2 Å². The molecule has 2 rings (SSSR count). The minimum atomic E-state index is -0.00579. The van der Waals surface area contributed by atoms with Gasteiger partial charge in [-0.05, 0) is 24.8 Å². The molecular weight excluding hydrogens is 256 g/mol. The second-order valence-electron chi connectivity index (χ2n) is 5.18. The molecule has 1 aromatic heterocycles. The number of amides is 1. The van der Waals surface area contributed by atoms with Gasteiger partial charge in [-0.3, -0.25) is 4.79 Å². The predicted molar refractivity (Wildman–Crippen MR) is 76.7 cm³/mol. The third-order valence-corrected chi connectivity index (χ3v) is 3.41. The molecule has 110 valence electrons. The van der Waals surface area contributed by atoms with E-state index in [-0.39, 0.29) is 5.91 Å². The zero-order valence-electron chi connectivity index (χ0n) is 12.1. The molecule has 1 aliphatic heterocycles. The van der Waals surface area contributed by atoms with Crippen molar-refractivity contribution in [1.29, 1.82) is 0 Å². The zero-order valence-corrected chi connectivity index (χ0v) is 12.1. The highest BCUT2D eigenvalue weighted by Crippen LogP contribution is 2.17. The van der Waals surface area contributed by atoms with Gasteiger partial charge in [-0.15, -0.1) is 0 Å². The summed E-state index contributed by atoms with van der Waals surface area (Å²) in [5.41, 5.74) is 0.453. The maximum atomic E-state index is 12.4. The van der Waals surface area contributed by atoms with Gasteiger partial charge in [0.1, 0.15) is 5.69 Å². The Hall–Kier alpha value is -1.69. The van der Waals surface area contributed by atoms with Gasteiger partial charge in [0, 0.05) is 32.9 Å². The zero-order chi connectivity index (χ0) is 14.4. The van der Waals surface area contributed by atoms with Crippen LogP contribution < -0.4 is 5.32 Å². The molecule has 0 spiro atoms. The van der Waals surface area contributed by atoms with Gasteiger partial charge in [0.25, 0.3) is 5.91 Å². The molecule has 1 aliphatic rings. The van der Waals surface area contributed by atoms with E-state index < -0.39 is 0 Å². The maximum Gasteiger partial charge on any atom is 0.272 e. The van der Waals surface area contributed by atoms with Gasteiger partial charge in [-0.1, -0.05) is 6.92 Å². The number of aromatic nitrogens is 2. The topological polar surface area (TPSA) is 67.3 Å². The van der Waals surface area contributed by atoms with Crippen molar-refractivity contribution in [2.75, 3.05) is 38.7 Å². The van der Waals surface area contributed by atoms with Crippen LogP contribution in [0.2, 0.25) is 0 Å². The molecule has 1 N–H and O–H groups in total. The van der Waals surface area contributed by atoms with E-state index in [4.69, 9.17) is 4.74 Å². The number of likely N-dealkylation sites (tertiary alicyclic amines) is 1. The fourth-order valence-electron chi connectivity index (χ4n) is 2.36. The molecule has 20 heavy (non-hydrogen) atoms. The van der Waals surface area contributed by atoms with Gasteiger partial charge in [-0.25, -0.2) is 9.97 Å². The van der Waals surface area contributed by atoms with E-state index in [0.717, 1.165) is 19.5 Å². The summed E-state index contributed by atoms with van der Waals surface area (Å²) in [6, 6.07) is 1.67. The molecule has 0 aromatic carbocycles. The lowest BCUT2D eigenvalue weighted by molar-refractivity contribution is 0.0677. The van der Waals surface area contributed by atoms with E-state index in [1.54, 1.807) is 19.4 Å². The van der Waals surface area contributed by atoms with Crippen LogP contribution in [0.25, 0.3) is 0 Å². The lowest BCUT2D eigenvalue weighted by Crippen LogP contribution is -2.39. The number of hydrogen-bond acceptors (Lipinski definition) is 5. The number of anilines is 1. The Morgan fingerprint density at radius 1 is 1.60 bits per heavy atom. The number of rotatable bonds is 5. The van der Waals surface area contributed by atoms with E-state index in [1.807, 2.05) is 4.90 Å². The van der Waals surface area contributed by atoms with E-state index in [0.29, 0.717) is 30.7 Å². The van der Waals surface area contributed by atoms with Crippen LogP contribution >= 0.6 is 0 Å². The maximum absolute atomic E-state index is 12.4. The third-order valence-electron chi connectivity index (χ3n) is 3.41. The quantitative estimate of drug-likeness (QED) is 0.825. The second kappa shape index (κ2) is 7.19. The fourth-order valence-corrected chi connectivity index (χ4v) is 2.36. The summed E-state index contributed by atoms with van der Waals surface area (Å²) in [4.78, 5) is 22.7. The van der Waals surface area contributed by atoms with Gasteiger partial charge in [0.05, 0.1) is 6.61 Å². The first-order valence-electron chi connectivity index (χ1n) is 7.06. The van der Waals surface area contributed by atoms with Crippen LogP contribution in [0.4, 0.5) is 5.95 Å². The van der Waals surface area contributed by atoms with Crippen LogP contribution in [0.3, 0.4) is 0 Å². The number of nitrogens with zero attached hydrogens (tertiary/aromatic N) is 3. The standard InChI is InChI=1S/C14H22N4O2/c1-11-4-3-8-18(10-11)13(19)12-5-6-15-14(17-12)16-7-9-20-2/h5-6,11H,3-4,7-10H2,1-2H3,(H,15,16,17). The van der Waals surface area contributed by atoms with Crippen molar-refractivity contribution in [3.63, 3.8) is 0 Å². The van der Waals surface area contributed by atoms with Gasteiger partial charge >= 0.3 is 0 Å². The number of nitrogens with one attached hydrogen (secondary N) is 1. The first-order valence-corrected chi connectivity index (χ1v) is 7.06. The molecule has 2 heterocycles. The van der Waals surface area contributed by atoms with Crippen LogP contribution in [-0.4, -0.2) is 54.1 Å². The summed E-state index contributed by atoms with van der Waals surface area (Å²) in [6.45, 7) is 5.01. The Bertz CT molecular complexity index is 453. The van der Waals surface area contributed by atoms with Crippen molar-refractivity contribution in [2.45, 2.75) is 19.8 Å². The average molecular weight is 278 g/mol. The number of ether oxygens (including phenoxy) is 1. The number of methoxy groups -OCH3 is 1. The van der Waals surface area contributed by atoms with Crippen LogP contribution in [0.1, 0.15) is 30.3 Å². The molecule has 0 radical (unpaired) electrons. The highest BCUT2D eigenvalue weighted by molar-refractivity contribution is 5.92. The van der Waals surface area contributed by atoms with Gasteiger partial charge < -0.3 is 15.0 Å². The van der Waals surface area contributed by atoms with Gasteiger partial charge in [0.2, 0.25) is 5.95 Å². The number of carbonyl (C=O) groups is 1. The first kappa shape index (κ1) is 14.7. The van der Waals surface area contributed by atoms with Crippen molar-refractivity contribution in [1.82, 2.24) is 14.9 Å². The monoisotopic (exact) mass is 278 g/mol. The van der Waals surface area contributed by atoms with Crippen molar-refractivity contribution < 1.29 is 9.53 Å². The fraction of sp³-hybridized carbons (Fsp3) is 0.643. The van der Waals surface area contributed by atoms with Crippen LogP contribution in [0.15, 0.2) is 12.3 Å². The molecule has 0 aliphatic carbocycles. The lowest BCUT2D eigenvalue weighted by atomic mass is 10.00. The van der Waals surface area contributed by atoms with Crippen molar-refractivity contribution in [3.05, 3.63) is 18.0 Å². The molecule has 0 saturated carbocycles. The van der Waals surface area contributed by atoms with E-state index in [1.165, 1.54) is 6.42 Å². The van der Waals surface area contributed by atoms with Crippen LogP contribution in [-0.2, 0) is 4.74 Å². The Morgan fingerprint density at radius 3 is 3.20 bits per heavy atom. The summed E-state index contributed by atoms with van der Waals surface area (Å²) in [7, 11) is 1.64. The molecule has 1 saturated heterocycles. The summed E-state index contributed by atoms with van der Waals surface area (Å²) in [5.74, 6) is 1.03. The van der Waals surface area contributed by atoms with Gasteiger partial charge in [-0.2, -0.15) is 0 Å². The minimum Gasteiger partial charge on any atom is -0.383 e. The smallest absolute Gasteiger partial charge is 0.272 e. The summed E-state index contributed by atoms with van der Waals surface area (Å²) < 4.78 is 4.95. The Morgan fingerprint density at radius 2 is 2.45 bits per heavy atom. The Kier molecular flexibility index (Phi) is 5.29. The second-order valence-corrected chi connectivity index (χ2v) is 5.18. The minimum absolute atomic E-state index is 0.00579. The van der Waals surface area contributed by atoms with Crippen LogP contribution in [0, 0.1) is 5.92 Å². The summed E-state index contributed by atoms with van der Waals surface area (Å²) >= 11 is 0. The molecule has 1 amide bonds. The van der Waals surface area contributed by atoms with Crippen LogP contribution in [0.5, 0.6) is 0 Å². The summed E-state index contributed by atoms with van der Waals surface area (Å²) in [5, 5.41) is 3.03. The Labute approximate surface area is 119 Å². The largest absolute Gasteiger partial charge is 0.383 e. The van der Waals surface area contributed by atoms with E-state index >= 15 is 0 Å². The first-order chi connectivity index (χ1) is 9.70. The molecule has 6 heteroatoms. The SMILES string of the molecule is COCCNc1nccc(C(=O)N2CCCC(C)C2)n1. The van der Waals surface area contributed by atoms with Gasteiger partial charge in [0.15, 0.2) is 0 Å². The molecule has 1 fully saturated rings. The number of piperidine rings is 1. The van der Waals surface area contributed by atoms with Crippen molar-refractivity contribution in [2.24, 2.45) is 5.92 Å². The molecule has 1 atom stereocenters. The van der Waals surface area contributed by atoms with Crippen molar-refractivity contribution >= 4 is 11.9 Å². The molecular formula is C14H22N4O2. The highest BCUT2D eigenvalue weighted by Gasteiger charge is 2.23. The lowest BCUT2D eigenvalue weighted by Gasteiger charge is -2.30. The number of hydrogen-bond donors (Lipinski definition) is 1. The normalized spacial score (nSPS) is 18.9. The average Bonchev–Trinajstić information content (AvgIpc) is 2.47. The number of carbonyl (C=O) groups excluding carboxylic acids is 1. The third kappa shape index (κ3) is 3.90. The molecule has 6 nitrogen and oxygen atoms in total. The molecule has 0 bridgehead atoms. The summed E-state index contributed by atoms with van der Waals surface area (Å²) in [6.07, 6.45) is 3.87.